The second kappa shape index (κ2) is 10.5. The zero-order valence-corrected chi connectivity index (χ0v) is 20.7. The molecule has 2 aromatic rings. The van der Waals surface area contributed by atoms with Crippen LogP contribution in [0.15, 0.2) is 47.4 Å². The SMILES string of the molecule is CC1CCN(CCCCNC(=O)c2ccc(Cl)c(S(=O)(=O)N3CCc4ccccc43)c2)CC1. The molecule has 0 unspecified atom stereocenters. The number of hydrogen-bond donors (Lipinski definition) is 1. The van der Waals surface area contributed by atoms with Gasteiger partial charge in [0, 0.05) is 18.7 Å². The summed E-state index contributed by atoms with van der Waals surface area (Å²) in [6, 6.07) is 11.9. The van der Waals surface area contributed by atoms with Crippen molar-refractivity contribution in [3.63, 3.8) is 0 Å². The standard InChI is InChI=1S/C25H32ClN3O3S/c1-19-10-15-28(16-11-19)14-5-4-13-27-25(30)21-8-9-22(26)24(18-21)33(31,32)29-17-12-20-6-2-3-7-23(20)29/h2-3,6-9,18-19H,4-5,10-17H2,1H3,(H,27,30). The summed E-state index contributed by atoms with van der Waals surface area (Å²) in [6.45, 7) is 6.62. The van der Waals surface area contributed by atoms with Gasteiger partial charge in [-0.05, 0) is 87.5 Å². The fourth-order valence-electron chi connectivity index (χ4n) is 4.57. The Kier molecular flexibility index (Phi) is 7.62. The Labute approximate surface area is 202 Å². The van der Waals surface area contributed by atoms with Gasteiger partial charge in [-0.3, -0.25) is 9.10 Å². The van der Waals surface area contributed by atoms with Crippen molar-refractivity contribution in [3.8, 4) is 0 Å². The number of unbranched alkanes of at least 4 members (excludes halogenated alkanes) is 1. The number of rotatable bonds is 8. The number of fused-ring (bicyclic) bond motifs is 1. The van der Waals surface area contributed by atoms with Crippen LogP contribution in [0.5, 0.6) is 0 Å². The third-order valence-electron chi connectivity index (χ3n) is 6.67. The van der Waals surface area contributed by atoms with Gasteiger partial charge in [0.05, 0.1) is 10.7 Å². The molecule has 2 aromatic carbocycles. The van der Waals surface area contributed by atoms with Crippen LogP contribution in [-0.4, -0.2) is 51.9 Å². The molecule has 0 spiro atoms. The van der Waals surface area contributed by atoms with Crippen molar-refractivity contribution in [1.82, 2.24) is 10.2 Å². The molecule has 33 heavy (non-hydrogen) atoms. The second-order valence-corrected chi connectivity index (χ2v) is 11.3. The Hall–Kier alpha value is -2.09. The average Bonchev–Trinajstić information content (AvgIpc) is 3.25. The summed E-state index contributed by atoms with van der Waals surface area (Å²) in [4.78, 5) is 15.1. The molecule has 8 heteroatoms. The zero-order valence-electron chi connectivity index (χ0n) is 19.1. The first-order chi connectivity index (χ1) is 15.9. The third-order valence-corrected chi connectivity index (χ3v) is 8.96. The molecule has 2 aliphatic heterocycles. The summed E-state index contributed by atoms with van der Waals surface area (Å²) in [5.74, 6) is 0.547. The number of amides is 1. The number of halogens is 1. The van der Waals surface area contributed by atoms with E-state index in [0.29, 0.717) is 30.8 Å². The predicted molar refractivity (Wildman–Crippen MR) is 133 cm³/mol. The molecule has 1 saturated heterocycles. The van der Waals surface area contributed by atoms with Crippen LogP contribution >= 0.6 is 11.6 Å². The van der Waals surface area contributed by atoms with Gasteiger partial charge in [0.25, 0.3) is 15.9 Å². The number of para-hydroxylation sites is 1. The van der Waals surface area contributed by atoms with Gasteiger partial charge >= 0.3 is 0 Å². The smallest absolute Gasteiger partial charge is 0.265 e. The van der Waals surface area contributed by atoms with Gasteiger partial charge in [-0.15, -0.1) is 0 Å². The maximum absolute atomic E-state index is 13.4. The van der Waals surface area contributed by atoms with E-state index < -0.39 is 10.0 Å². The third kappa shape index (κ3) is 5.53. The van der Waals surface area contributed by atoms with E-state index in [2.05, 4.69) is 17.1 Å². The zero-order chi connectivity index (χ0) is 23.4. The number of carbonyl (C=O) groups excluding carboxylic acids is 1. The van der Waals surface area contributed by atoms with Crippen LogP contribution in [0.4, 0.5) is 5.69 Å². The molecular formula is C25H32ClN3O3S. The summed E-state index contributed by atoms with van der Waals surface area (Å²) in [7, 11) is -3.87. The largest absolute Gasteiger partial charge is 0.352 e. The molecule has 4 rings (SSSR count). The Bertz CT molecular complexity index is 1100. The van der Waals surface area contributed by atoms with E-state index in [9.17, 15) is 13.2 Å². The number of likely N-dealkylation sites (tertiary alicyclic amines) is 1. The Balaban J connectivity index is 1.35. The minimum atomic E-state index is -3.87. The molecule has 1 fully saturated rings. The van der Waals surface area contributed by atoms with Gasteiger partial charge < -0.3 is 10.2 Å². The first-order valence-corrected chi connectivity index (χ1v) is 13.6. The van der Waals surface area contributed by atoms with E-state index in [4.69, 9.17) is 11.6 Å². The van der Waals surface area contributed by atoms with Crippen LogP contribution in [0.3, 0.4) is 0 Å². The van der Waals surface area contributed by atoms with Crippen LogP contribution in [0, 0.1) is 5.92 Å². The van der Waals surface area contributed by atoms with Crippen molar-refractivity contribution in [2.75, 3.05) is 37.0 Å². The van der Waals surface area contributed by atoms with Gasteiger partial charge in [-0.25, -0.2) is 8.42 Å². The average molecular weight is 490 g/mol. The first-order valence-electron chi connectivity index (χ1n) is 11.8. The van der Waals surface area contributed by atoms with Crippen molar-refractivity contribution >= 4 is 33.2 Å². The molecular weight excluding hydrogens is 458 g/mol. The highest BCUT2D eigenvalue weighted by Crippen LogP contribution is 2.35. The second-order valence-electron chi connectivity index (χ2n) is 9.09. The maximum Gasteiger partial charge on any atom is 0.265 e. The van der Waals surface area contributed by atoms with Gasteiger partial charge in [0.1, 0.15) is 4.90 Å². The summed E-state index contributed by atoms with van der Waals surface area (Å²) in [5, 5.41) is 3.04. The van der Waals surface area contributed by atoms with Crippen molar-refractivity contribution in [1.29, 1.82) is 0 Å². The molecule has 2 heterocycles. The molecule has 2 aliphatic rings. The minimum absolute atomic E-state index is 0.0344. The fourth-order valence-corrected chi connectivity index (χ4v) is 6.58. The highest BCUT2D eigenvalue weighted by Gasteiger charge is 2.32. The number of benzene rings is 2. The Morgan fingerprint density at radius 3 is 2.64 bits per heavy atom. The molecule has 0 atom stereocenters. The lowest BCUT2D eigenvalue weighted by Crippen LogP contribution is -2.34. The van der Waals surface area contributed by atoms with Gasteiger partial charge in [0.15, 0.2) is 0 Å². The lowest BCUT2D eigenvalue weighted by Gasteiger charge is -2.30. The minimum Gasteiger partial charge on any atom is -0.352 e. The van der Waals surface area contributed by atoms with Crippen molar-refractivity contribution in [2.24, 2.45) is 5.92 Å². The van der Waals surface area contributed by atoms with Crippen LogP contribution in [0.1, 0.15) is 48.5 Å². The molecule has 1 N–H and O–H groups in total. The number of carbonyl (C=O) groups is 1. The Morgan fingerprint density at radius 2 is 1.85 bits per heavy atom. The van der Waals surface area contributed by atoms with Crippen LogP contribution in [0.25, 0.3) is 0 Å². The first kappa shape index (κ1) is 24.0. The van der Waals surface area contributed by atoms with E-state index in [1.165, 1.54) is 29.3 Å². The van der Waals surface area contributed by atoms with Crippen molar-refractivity contribution in [3.05, 3.63) is 58.6 Å². The maximum atomic E-state index is 13.4. The number of sulfonamides is 1. The van der Waals surface area contributed by atoms with E-state index in [-0.39, 0.29) is 15.8 Å². The quantitative estimate of drug-likeness (QED) is 0.560. The molecule has 0 aliphatic carbocycles. The lowest BCUT2D eigenvalue weighted by atomic mass is 9.99. The molecule has 0 bridgehead atoms. The Morgan fingerprint density at radius 1 is 1.09 bits per heavy atom. The number of hydrogen-bond acceptors (Lipinski definition) is 4. The molecule has 0 aromatic heterocycles. The van der Waals surface area contributed by atoms with E-state index in [0.717, 1.165) is 44.0 Å². The molecule has 0 radical (unpaired) electrons. The monoisotopic (exact) mass is 489 g/mol. The summed E-state index contributed by atoms with van der Waals surface area (Å²) < 4.78 is 28.1. The number of nitrogens with zero attached hydrogens (tertiary/aromatic N) is 2. The highest BCUT2D eigenvalue weighted by atomic mass is 35.5. The van der Waals surface area contributed by atoms with E-state index >= 15 is 0 Å². The summed E-state index contributed by atoms with van der Waals surface area (Å²) in [5.41, 5.74) is 1.97. The number of nitrogens with one attached hydrogen (secondary N) is 1. The van der Waals surface area contributed by atoms with Gasteiger partial charge in [0.2, 0.25) is 0 Å². The molecule has 178 valence electrons. The normalized spacial score (nSPS) is 17.2. The molecule has 6 nitrogen and oxygen atoms in total. The van der Waals surface area contributed by atoms with Crippen LogP contribution < -0.4 is 9.62 Å². The molecule has 0 saturated carbocycles. The number of piperidine rings is 1. The summed E-state index contributed by atoms with van der Waals surface area (Å²) >= 11 is 6.28. The van der Waals surface area contributed by atoms with Gasteiger partial charge in [-0.1, -0.05) is 36.7 Å². The van der Waals surface area contributed by atoms with Gasteiger partial charge in [-0.2, -0.15) is 0 Å². The lowest BCUT2D eigenvalue weighted by molar-refractivity contribution is 0.0952. The fraction of sp³-hybridized carbons (Fsp3) is 0.480. The van der Waals surface area contributed by atoms with Crippen LogP contribution in [0.2, 0.25) is 5.02 Å². The highest BCUT2D eigenvalue weighted by molar-refractivity contribution is 7.93. The van der Waals surface area contributed by atoms with Crippen molar-refractivity contribution < 1.29 is 13.2 Å². The number of anilines is 1. The predicted octanol–water partition coefficient (Wildman–Crippen LogP) is 4.33. The van der Waals surface area contributed by atoms with E-state index in [1.54, 1.807) is 12.1 Å². The topological polar surface area (TPSA) is 69.7 Å². The van der Waals surface area contributed by atoms with Crippen LogP contribution in [-0.2, 0) is 16.4 Å². The van der Waals surface area contributed by atoms with E-state index in [1.807, 2.05) is 18.2 Å². The molecule has 1 amide bonds. The van der Waals surface area contributed by atoms with Crippen molar-refractivity contribution in [2.45, 2.75) is 43.9 Å². The summed E-state index contributed by atoms with van der Waals surface area (Å²) in [6.07, 6.45) is 5.11.